The minimum atomic E-state index is 0.0135. The van der Waals surface area contributed by atoms with E-state index in [2.05, 4.69) is 34.6 Å². The summed E-state index contributed by atoms with van der Waals surface area (Å²) in [5.41, 5.74) is 0.683. The molecule has 0 bridgehead atoms. The number of hydrogen-bond acceptors (Lipinski definition) is 1. The molecule has 1 nitrogen and oxygen atoms in total. The highest BCUT2D eigenvalue weighted by atomic mass is 16.1. The average molecular weight is 250 g/mol. The first-order valence-electron chi connectivity index (χ1n) is 7.89. The number of rotatable bonds is 5. The zero-order valence-electron chi connectivity index (χ0n) is 12.9. The molecule has 0 aromatic heterocycles. The monoisotopic (exact) mass is 250 g/mol. The van der Waals surface area contributed by atoms with E-state index in [1.54, 1.807) is 0 Å². The SMILES string of the molecule is CCCCC(CC)[C@@]1(C)CCC(=O)[C@]2(C)CC21C. The summed E-state index contributed by atoms with van der Waals surface area (Å²) in [5, 5.41) is 0. The Kier molecular flexibility index (Phi) is 3.41. The first-order valence-corrected chi connectivity index (χ1v) is 7.89. The molecule has 2 aliphatic rings. The van der Waals surface area contributed by atoms with Gasteiger partial charge in [0.15, 0.2) is 0 Å². The van der Waals surface area contributed by atoms with E-state index in [4.69, 9.17) is 0 Å². The second-order valence-electron chi connectivity index (χ2n) is 7.43. The van der Waals surface area contributed by atoms with E-state index >= 15 is 0 Å². The molecule has 0 saturated heterocycles. The van der Waals surface area contributed by atoms with Crippen LogP contribution in [0.25, 0.3) is 0 Å². The molecule has 18 heavy (non-hydrogen) atoms. The normalized spacial score (nSPS) is 44.6. The summed E-state index contributed by atoms with van der Waals surface area (Å²) in [5.74, 6) is 1.34. The Balaban J connectivity index is 2.22. The zero-order chi connectivity index (χ0) is 13.6. The molecule has 2 saturated carbocycles. The lowest BCUT2D eigenvalue weighted by molar-refractivity contribution is -0.132. The molecule has 4 atom stereocenters. The molecule has 0 spiro atoms. The minimum absolute atomic E-state index is 0.0135. The number of carbonyl (C=O) groups is 1. The molecule has 0 amide bonds. The van der Waals surface area contributed by atoms with Crippen LogP contribution in [0.1, 0.15) is 79.6 Å². The standard InChI is InChI=1S/C17H30O/c1-6-8-9-13(7-2)15(3)11-10-14(18)16(4)12-17(15,16)5/h13H,6-12H2,1-5H3/t13?,15-,16+,17?/m1/s1. The van der Waals surface area contributed by atoms with Crippen LogP contribution in [0.2, 0.25) is 0 Å². The van der Waals surface area contributed by atoms with Crippen LogP contribution in [0.5, 0.6) is 0 Å². The summed E-state index contributed by atoms with van der Waals surface area (Å²) >= 11 is 0. The van der Waals surface area contributed by atoms with Crippen LogP contribution in [-0.2, 0) is 4.79 Å². The van der Waals surface area contributed by atoms with Crippen molar-refractivity contribution in [2.45, 2.75) is 79.6 Å². The van der Waals surface area contributed by atoms with Gasteiger partial charge in [0.1, 0.15) is 5.78 Å². The third-order valence-electron chi connectivity index (χ3n) is 6.85. The van der Waals surface area contributed by atoms with Crippen molar-refractivity contribution >= 4 is 5.78 Å². The molecule has 2 fully saturated rings. The van der Waals surface area contributed by atoms with Gasteiger partial charge in [-0.15, -0.1) is 0 Å². The number of Topliss-reactive ketones (excluding diaryl/α,β-unsaturated/α-hetero) is 1. The van der Waals surface area contributed by atoms with Crippen LogP contribution >= 0.6 is 0 Å². The quantitative estimate of drug-likeness (QED) is 0.672. The molecule has 0 aliphatic heterocycles. The molecule has 0 heterocycles. The largest absolute Gasteiger partial charge is 0.299 e. The van der Waals surface area contributed by atoms with Gasteiger partial charge in [0.2, 0.25) is 0 Å². The molecule has 1 heteroatoms. The summed E-state index contributed by atoms with van der Waals surface area (Å²) in [7, 11) is 0. The Bertz CT molecular complexity index is 348. The molecule has 2 aliphatic carbocycles. The Hall–Kier alpha value is -0.330. The molecular formula is C17H30O. The molecule has 2 rings (SSSR count). The van der Waals surface area contributed by atoms with Gasteiger partial charge in [0.25, 0.3) is 0 Å². The first-order chi connectivity index (χ1) is 8.35. The summed E-state index contributed by atoms with van der Waals surface area (Å²) in [6.07, 6.45) is 8.34. The van der Waals surface area contributed by atoms with Gasteiger partial charge < -0.3 is 0 Å². The number of carbonyl (C=O) groups excluding carboxylic acids is 1. The van der Waals surface area contributed by atoms with E-state index in [9.17, 15) is 4.79 Å². The fourth-order valence-electron chi connectivity index (χ4n) is 4.90. The van der Waals surface area contributed by atoms with E-state index in [-0.39, 0.29) is 10.8 Å². The summed E-state index contributed by atoms with van der Waals surface area (Å²) in [6, 6.07) is 0. The van der Waals surface area contributed by atoms with Gasteiger partial charge in [-0.25, -0.2) is 0 Å². The predicted molar refractivity (Wildman–Crippen MR) is 76.5 cm³/mol. The van der Waals surface area contributed by atoms with E-state index in [1.807, 2.05) is 0 Å². The lowest BCUT2D eigenvalue weighted by Crippen LogP contribution is -2.44. The Morgan fingerprint density at radius 1 is 1.22 bits per heavy atom. The van der Waals surface area contributed by atoms with E-state index in [0.717, 1.165) is 25.2 Å². The van der Waals surface area contributed by atoms with Crippen LogP contribution in [0.4, 0.5) is 0 Å². The maximum atomic E-state index is 12.2. The minimum Gasteiger partial charge on any atom is -0.299 e. The Labute approximate surface area is 113 Å². The highest BCUT2D eigenvalue weighted by Crippen LogP contribution is 2.78. The summed E-state index contributed by atoms with van der Waals surface area (Å²) in [6.45, 7) is 11.7. The molecular weight excluding hydrogens is 220 g/mol. The van der Waals surface area contributed by atoms with Crippen molar-refractivity contribution < 1.29 is 4.79 Å². The lowest BCUT2D eigenvalue weighted by atomic mass is 9.56. The second kappa shape index (κ2) is 4.35. The Morgan fingerprint density at radius 2 is 1.89 bits per heavy atom. The van der Waals surface area contributed by atoms with Gasteiger partial charge in [-0.1, -0.05) is 53.9 Å². The van der Waals surface area contributed by atoms with Crippen LogP contribution in [0.15, 0.2) is 0 Å². The molecule has 0 N–H and O–H groups in total. The van der Waals surface area contributed by atoms with Gasteiger partial charge in [-0.05, 0) is 36.0 Å². The van der Waals surface area contributed by atoms with Crippen LogP contribution in [0, 0.1) is 22.2 Å². The lowest BCUT2D eigenvalue weighted by Gasteiger charge is -2.48. The van der Waals surface area contributed by atoms with Crippen LogP contribution in [-0.4, -0.2) is 5.78 Å². The third-order valence-corrected chi connectivity index (χ3v) is 6.85. The smallest absolute Gasteiger partial charge is 0.139 e. The van der Waals surface area contributed by atoms with Crippen molar-refractivity contribution in [3.63, 3.8) is 0 Å². The third kappa shape index (κ3) is 1.62. The van der Waals surface area contributed by atoms with Crippen molar-refractivity contribution in [1.82, 2.24) is 0 Å². The maximum Gasteiger partial charge on any atom is 0.139 e. The number of unbranched alkanes of at least 4 members (excludes halogenated alkanes) is 1. The topological polar surface area (TPSA) is 17.1 Å². The molecule has 104 valence electrons. The van der Waals surface area contributed by atoms with Gasteiger partial charge in [0.05, 0.1) is 0 Å². The van der Waals surface area contributed by atoms with Crippen molar-refractivity contribution in [1.29, 1.82) is 0 Å². The van der Waals surface area contributed by atoms with Gasteiger partial charge in [-0.2, -0.15) is 0 Å². The predicted octanol–water partition coefficient (Wildman–Crippen LogP) is 4.99. The fraction of sp³-hybridized carbons (Fsp3) is 0.941. The van der Waals surface area contributed by atoms with Crippen molar-refractivity contribution in [3.8, 4) is 0 Å². The average Bonchev–Trinajstić information content (AvgIpc) is 2.93. The van der Waals surface area contributed by atoms with E-state index in [1.165, 1.54) is 25.7 Å². The first kappa shape index (κ1) is 14.1. The van der Waals surface area contributed by atoms with Crippen molar-refractivity contribution in [2.75, 3.05) is 0 Å². The Morgan fingerprint density at radius 3 is 2.44 bits per heavy atom. The van der Waals surface area contributed by atoms with Gasteiger partial charge in [0, 0.05) is 11.8 Å². The van der Waals surface area contributed by atoms with Crippen molar-refractivity contribution in [2.24, 2.45) is 22.2 Å². The fourth-order valence-corrected chi connectivity index (χ4v) is 4.90. The van der Waals surface area contributed by atoms with Gasteiger partial charge in [-0.3, -0.25) is 4.79 Å². The summed E-state index contributed by atoms with van der Waals surface area (Å²) < 4.78 is 0. The maximum absolute atomic E-state index is 12.2. The highest BCUT2D eigenvalue weighted by Gasteiger charge is 2.74. The van der Waals surface area contributed by atoms with Crippen LogP contribution < -0.4 is 0 Å². The number of fused-ring (bicyclic) bond motifs is 1. The number of ketones is 1. The number of hydrogen-bond donors (Lipinski definition) is 0. The molecule has 0 aromatic carbocycles. The second-order valence-corrected chi connectivity index (χ2v) is 7.43. The van der Waals surface area contributed by atoms with Crippen molar-refractivity contribution in [3.05, 3.63) is 0 Å². The zero-order valence-corrected chi connectivity index (χ0v) is 12.9. The molecule has 2 unspecified atom stereocenters. The van der Waals surface area contributed by atoms with E-state index < -0.39 is 0 Å². The van der Waals surface area contributed by atoms with Gasteiger partial charge >= 0.3 is 0 Å². The highest BCUT2D eigenvalue weighted by molar-refractivity contribution is 5.90. The summed E-state index contributed by atoms with van der Waals surface area (Å²) in [4.78, 5) is 12.2. The molecule has 0 aromatic rings. The van der Waals surface area contributed by atoms with E-state index in [0.29, 0.717) is 11.2 Å². The van der Waals surface area contributed by atoms with Crippen LogP contribution in [0.3, 0.4) is 0 Å². The molecule has 0 radical (unpaired) electrons.